The van der Waals surface area contributed by atoms with E-state index in [1.54, 1.807) is 19.1 Å². The fraction of sp³-hybridized carbons (Fsp3) is 0.417. The van der Waals surface area contributed by atoms with Crippen LogP contribution in [0.1, 0.15) is 18.4 Å². The number of carbonyl (C=O) groups excluding carboxylic acids is 2. The number of carbonyl (C=O) groups is 2. The molecule has 0 radical (unpaired) electrons. The van der Waals surface area contributed by atoms with Crippen LogP contribution in [0.5, 0.6) is 5.75 Å². The van der Waals surface area contributed by atoms with E-state index in [0.29, 0.717) is 26.1 Å². The lowest BCUT2D eigenvalue weighted by Crippen LogP contribution is -2.40. The van der Waals surface area contributed by atoms with Gasteiger partial charge in [-0.15, -0.1) is 0 Å². The van der Waals surface area contributed by atoms with E-state index >= 15 is 0 Å². The first kappa shape index (κ1) is 22.5. The van der Waals surface area contributed by atoms with Crippen molar-refractivity contribution in [3.8, 4) is 5.75 Å². The summed E-state index contributed by atoms with van der Waals surface area (Å²) < 4.78 is 5.22. The van der Waals surface area contributed by atoms with Gasteiger partial charge in [-0.05, 0) is 36.2 Å². The topological polar surface area (TPSA) is 65.1 Å². The molecule has 0 bridgehead atoms. The maximum absolute atomic E-state index is 12.6. The van der Waals surface area contributed by atoms with Crippen molar-refractivity contribution in [2.45, 2.75) is 19.4 Å². The minimum Gasteiger partial charge on any atom is -0.497 e. The number of nitrogens with zero attached hydrogens (tertiary/aromatic N) is 3. The molecule has 0 aliphatic carbocycles. The molecule has 2 aromatic rings. The Morgan fingerprint density at radius 2 is 1.74 bits per heavy atom. The number of hydrogen-bond donors (Lipinski definition) is 1. The summed E-state index contributed by atoms with van der Waals surface area (Å²) in [6, 6.07) is 17.7. The molecule has 3 rings (SSSR count). The van der Waals surface area contributed by atoms with Crippen LogP contribution in [0.4, 0.5) is 10.5 Å². The molecule has 1 saturated heterocycles. The van der Waals surface area contributed by atoms with Crippen molar-refractivity contribution in [3.05, 3.63) is 60.2 Å². The molecule has 7 nitrogen and oxygen atoms in total. The second-order valence-corrected chi connectivity index (χ2v) is 7.74. The van der Waals surface area contributed by atoms with Crippen LogP contribution in [-0.4, -0.2) is 68.6 Å². The number of rotatable bonds is 7. The Morgan fingerprint density at radius 3 is 2.45 bits per heavy atom. The molecule has 7 heteroatoms. The molecule has 31 heavy (non-hydrogen) atoms. The van der Waals surface area contributed by atoms with Gasteiger partial charge in [0.15, 0.2) is 0 Å². The molecular formula is C24H32N4O3. The van der Waals surface area contributed by atoms with Gasteiger partial charge in [0.25, 0.3) is 0 Å². The predicted molar refractivity (Wildman–Crippen MR) is 122 cm³/mol. The Labute approximate surface area is 184 Å². The molecule has 2 aromatic carbocycles. The highest BCUT2D eigenvalue weighted by Gasteiger charge is 2.19. The molecule has 1 fully saturated rings. The van der Waals surface area contributed by atoms with E-state index in [-0.39, 0.29) is 11.9 Å². The third-order valence-electron chi connectivity index (χ3n) is 5.51. The Morgan fingerprint density at radius 1 is 1.00 bits per heavy atom. The van der Waals surface area contributed by atoms with E-state index in [4.69, 9.17) is 4.74 Å². The van der Waals surface area contributed by atoms with Crippen molar-refractivity contribution >= 4 is 17.6 Å². The summed E-state index contributed by atoms with van der Waals surface area (Å²) in [6.07, 6.45) is 1.23. The number of urea groups is 1. The highest BCUT2D eigenvalue weighted by atomic mass is 16.5. The molecule has 1 heterocycles. The number of hydrogen-bond acceptors (Lipinski definition) is 4. The van der Waals surface area contributed by atoms with Gasteiger partial charge in [0.05, 0.1) is 7.11 Å². The quantitative estimate of drug-likeness (QED) is 0.742. The first-order valence-corrected chi connectivity index (χ1v) is 10.8. The number of ether oxygens (including phenoxy) is 1. The van der Waals surface area contributed by atoms with Gasteiger partial charge in [-0.2, -0.15) is 0 Å². The fourth-order valence-corrected chi connectivity index (χ4v) is 3.72. The SMILES string of the molecule is COc1ccc(N2CCCN(C(=O)CCNC(=O)N(C)Cc3ccccc3)CC2)cc1. The molecule has 0 aromatic heterocycles. The van der Waals surface area contributed by atoms with E-state index < -0.39 is 0 Å². The van der Waals surface area contributed by atoms with Gasteiger partial charge in [-0.3, -0.25) is 4.79 Å². The van der Waals surface area contributed by atoms with E-state index in [2.05, 4.69) is 22.3 Å². The van der Waals surface area contributed by atoms with Gasteiger partial charge in [0.2, 0.25) is 5.91 Å². The average molecular weight is 425 g/mol. The summed E-state index contributed by atoms with van der Waals surface area (Å²) in [5.74, 6) is 0.925. The molecule has 1 N–H and O–H groups in total. The smallest absolute Gasteiger partial charge is 0.317 e. The van der Waals surface area contributed by atoms with Crippen molar-refractivity contribution in [2.75, 3.05) is 51.8 Å². The normalized spacial score (nSPS) is 14.0. The maximum Gasteiger partial charge on any atom is 0.317 e. The minimum atomic E-state index is -0.168. The highest BCUT2D eigenvalue weighted by molar-refractivity contribution is 5.78. The number of amides is 3. The van der Waals surface area contributed by atoms with Crippen LogP contribution in [-0.2, 0) is 11.3 Å². The van der Waals surface area contributed by atoms with Gasteiger partial charge in [-0.25, -0.2) is 4.79 Å². The van der Waals surface area contributed by atoms with Gasteiger partial charge < -0.3 is 24.8 Å². The first-order chi connectivity index (χ1) is 15.1. The van der Waals surface area contributed by atoms with Gasteiger partial charge in [0, 0.05) is 58.4 Å². The third-order valence-corrected chi connectivity index (χ3v) is 5.51. The molecule has 0 saturated carbocycles. The van der Waals surface area contributed by atoms with E-state index in [1.165, 1.54) is 0 Å². The molecule has 1 aliphatic heterocycles. The van der Waals surface area contributed by atoms with Crippen LogP contribution in [0.2, 0.25) is 0 Å². The molecule has 1 aliphatic rings. The first-order valence-electron chi connectivity index (χ1n) is 10.8. The van der Waals surface area contributed by atoms with Crippen LogP contribution in [0.25, 0.3) is 0 Å². The van der Waals surface area contributed by atoms with Crippen LogP contribution in [0.3, 0.4) is 0 Å². The second kappa shape index (κ2) is 11.2. The zero-order chi connectivity index (χ0) is 22.1. The van der Waals surface area contributed by atoms with E-state index in [1.807, 2.05) is 47.4 Å². The number of anilines is 1. The molecule has 0 spiro atoms. The number of benzene rings is 2. The largest absolute Gasteiger partial charge is 0.497 e. The highest BCUT2D eigenvalue weighted by Crippen LogP contribution is 2.20. The molecule has 166 valence electrons. The zero-order valence-electron chi connectivity index (χ0n) is 18.4. The van der Waals surface area contributed by atoms with Gasteiger partial charge >= 0.3 is 6.03 Å². The summed E-state index contributed by atoms with van der Waals surface area (Å²) >= 11 is 0. The lowest BCUT2D eigenvalue weighted by molar-refractivity contribution is -0.130. The summed E-state index contributed by atoms with van der Waals surface area (Å²) in [4.78, 5) is 30.8. The monoisotopic (exact) mass is 424 g/mol. The van der Waals surface area contributed by atoms with Crippen LogP contribution < -0.4 is 15.0 Å². The number of nitrogens with one attached hydrogen (secondary N) is 1. The number of methoxy groups -OCH3 is 1. The Balaban J connectivity index is 1.40. The van der Waals surface area contributed by atoms with Crippen LogP contribution in [0.15, 0.2) is 54.6 Å². The van der Waals surface area contributed by atoms with Crippen molar-refractivity contribution < 1.29 is 14.3 Å². The van der Waals surface area contributed by atoms with Crippen molar-refractivity contribution in [1.82, 2.24) is 15.1 Å². The third kappa shape index (κ3) is 6.64. The van der Waals surface area contributed by atoms with Crippen LogP contribution in [0, 0.1) is 0 Å². The molecular weight excluding hydrogens is 392 g/mol. The fourth-order valence-electron chi connectivity index (χ4n) is 3.72. The molecule has 0 unspecified atom stereocenters. The lowest BCUT2D eigenvalue weighted by Gasteiger charge is -2.24. The summed E-state index contributed by atoms with van der Waals surface area (Å²) in [5, 5.41) is 2.85. The zero-order valence-corrected chi connectivity index (χ0v) is 18.4. The Kier molecular flexibility index (Phi) is 8.15. The summed E-state index contributed by atoms with van der Waals surface area (Å²) in [6.45, 7) is 4.02. The van der Waals surface area contributed by atoms with Gasteiger partial charge in [0.1, 0.15) is 5.75 Å². The average Bonchev–Trinajstić information content (AvgIpc) is 3.06. The molecule has 0 atom stereocenters. The standard InChI is InChI=1S/C24H32N4O3/c1-26(19-20-7-4-3-5-8-20)24(30)25-14-13-23(29)28-16-6-15-27(17-18-28)21-9-11-22(31-2)12-10-21/h3-5,7-12H,6,13-19H2,1-2H3,(H,25,30). The Hall–Kier alpha value is -3.22. The van der Waals surface area contributed by atoms with Crippen molar-refractivity contribution in [2.24, 2.45) is 0 Å². The molecule has 3 amide bonds. The maximum atomic E-state index is 12.6. The second-order valence-electron chi connectivity index (χ2n) is 7.74. The predicted octanol–water partition coefficient (Wildman–Crippen LogP) is 2.97. The Bertz CT molecular complexity index is 842. The van der Waals surface area contributed by atoms with Gasteiger partial charge in [-0.1, -0.05) is 30.3 Å². The van der Waals surface area contributed by atoms with E-state index in [0.717, 1.165) is 43.1 Å². The van der Waals surface area contributed by atoms with Crippen LogP contribution >= 0.6 is 0 Å². The van der Waals surface area contributed by atoms with Crippen molar-refractivity contribution in [3.63, 3.8) is 0 Å². The minimum absolute atomic E-state index is 0.0857. The summed E-state index contributed by atoms with van der Waals surface area (Å²) in [7, 11) is 3.42. The lowest BCUT2D eigenvalue weighted by atomic mass is 10.2. The van der Waals surface area contributed by atoms with Crippen molar-refractivity contribution in [1.29, 1.82) is 0 Å². The van der Waals surface area contributed by atoms with E-state index in [9.17, 15) is 9.59 Å². The summed E-state index contributed by atoms with van der Waals surface area (Å²) in [5.41, 5.74) is 2.21.